The molecule has 4 nitrogen and oxygen atoms in total. The van der Waals surface area contributed by atoms with Crippen LogP contribution in [0.25, 0.3) is 6.08 Å². The Labute approximate surface area is 103 Å². The van der Waals surface area contributed by atoms with Gasteiger partial charge in [-0.2, -0.15) is 0 Å². The number of hydrogen-bond acceptors (Lipinski definition) is 4. The first-order chi connectivity index (χ1) is 8.13. The van der Waals surface area contributed by atoms with E-state index in [4.69, 9.17) is 4.42 Å². The maximum absolute atomic E-state index is 11.5. The third-order valence-electron chi connectivity index (χ3n) is 2.01. The van der Waals surface area contributed by atoms with Crippen LogP contribution in [-0.4, -0.2) is 10.9 Å². The predicted octanol–water partition coefficient (Wildman–Crippen LogP) is 3.00. The van der Waals surface area contributed by atoms with E-state index in [1.54, 1.807) is 6.08 Å². The van der Waals surface area contributed by atoms with Crippen LogP contribution in [0.1, 0.15) is 17.2 Å². The number of hydrogen-bond donors (Lipinski definition) is 1. The number of rotatable bonds is 3. The van der Waals surface area contributed by atoms with Crippen molar-refractivity contribution >= 4 is 28.5 Å². The van der Waals surface area contributed by atoms with Gasteiger partial charge in [0, 0.05) is 11.5 Å². The van der Waals surface area contributed by atoms with Crippen molar-refractivity contribution in [1.29, 1.82) is 0 Å². The number of amides is 1. The van der Waals surface area contributed by atoms with Crippen molar-refractivity contribution in [1.82, 2.24) is 4.98 Å². The minimum absolute atomic E-state index is 0.214. The number of aromatic nitrogens is 1. The molecule has 2 rings (SSSR count). The highest BCUT2D eigenvalue weighted by molar-refractivity contribution is 7.13. The van der Waals surface area contributed by atoms with Gasteiger partial charge in [0.1, 0.15) is 11.5 Å². The summed E-state index contributed by atoms with van der Waals surface area (Å²) in [5.74, 6) is 1.27. The summed E-state index contributed by atoms with van der Waals surface area (Å²) in [5.41, 5.74) is 0.899. The Morgan fingerprint density at radius 3 is 2.88 bits per heavy atom. The Hall–Kier alpha value is -1.88. The van der Waals surface area contributed by atoms with Crippen LogP contribution < -0.4 is 5.32 Å². The number of nitrogens with one attached hydrogen (secondary N) is 1. The van der Waals surface area contributed by atoms with E-state index in [9.17, 15) is 4.79 Å². The molecule has 0 spiro atoms. The molecule has 2 heterocycles. The number of carbonyl (C=O) groups excluding carboxylic acids is 1. The van der Waals surface area contributed by atoms with Crippen molar-refractivity contribution in [3.63, 3.8) is 0 Å². The lowest BCUT2D eigenvalue weighted by Crippen LogP contribution is -2.07. The van der Waals surface area contributed by atoms with Crippen LogP contribution in [0.2, 0.25) is 0 Å². The minimum Gasteiger partial charge on any atom is -0.462 e. The quantitative estimate of drug-likeness (QED) is 0.849. The van der Waals surface area contributed by atoms with Gasteiger partial charge in [0.15, 0.2) is 5.13 Å². The molecule has 1 N–H and O–H groups in total. The van der Waals surface area contributed by atoms with Crippen molar-refractivity contribution in [2.75, 3.05) is 5.32 Å². The van der Waals surface area contributed by atoms with Crippen molar-refractivity contribution < 1.29 is 9.21 Å². The fraction of sp³-hybridized carbons (Fsp3) is 0.167. The van der Waals surface area contributed by atoms with E-state index < -0.39 is 0 Å². The summed E-state index contributed by atoms with van der Waals surface area (Å²) in [6.07, 6.45) is 3.05. The summed E-state index contributed by atoms with van der Waals surface area (Å²) in [6.45, 7) is 3.74. The van der Waals surface area contributed by atoms with Gasteiger partial charge < -0.3 is 4.42 Å². The number of thiazole rings is 1. The topological polar surface area (TPSA) is 55.1 Å². The van der Waals surface area contributed by atoms with Crippen molar-refractivity contribution in [2.24, 2.45) is 0 Å². The molecule has 2 aromatic rings. The van der Waals surface area contributed by atoms with Gasteiger partial charge in [-0.25, -0.2) is 4.98 Å². The van der Waals surface area contributed by atoms with Gasteiger partial charge in [-0.1, -0.05) is 0 Å². The van der Waals surface area contributed by atoms with Gasteiger partial charge >= 0.3 is 0 Å². The first-order valence-corrected chi connectivity index (χ1v) is 5.99. The molecule has 0 atom stereocenters. The predicted molar refractivity (Wildman–Crippen MR) is 68.0 cm³/mol. The first kappa shape index (κ1) is 11.6. The minimum atomic E-state index is -0.214. The molecule has 0 saturated carbocycles. The highest BCUT2D eigenvalue weighted by Gasteiger charge is 2.02. The number of nitrogens with zero attached hydrogens (tertiary/aromatic N) is 1. The molecule has 17 heavy (non-hydrogen) atoms. The summed E-state index contributed by atoms with van der Waals surface area (Å²) in [4.78, 5) is 15.7. The average molecular weight is 248 g/mol. The van der Waals surface area contributed by atoms with Gasteiger partial charge in [-0.3, -0.25) is 10.1 Å². The lowest BCUT2D eigenvalue weighted by molar-refractivity contribution is -0.111. The number of furan rings is 1. The summed E-state index contributed by atoms with van der Waals surface area (Å²) in [6, 6.07) is 3.66. The highest BCUT2D eigenvalue weighted by Crippen LogP contribution is 2.14. The van der Waals surface area contributed by atoms with E-state index in [-0.39, 0.29) is 5.91 Å². The van der Waals surface area contributed by atoms with Crippen LogP contribution in [0.5, 0.6) is 0 Å². The summed E-state index contributed by atoms with van der Waals surface area (Å²) in [7, 11) is 0. The molecule has 2 aromatic heterocycles. The molecule has 0 aromatic carbocycles. The molecular weight excluding hydrogens is 236 g/mol. The lowest BCUT2D eigenvalue weighted by Gasteiger charge is -1.94. The second-order valence-electron chi connectivity index (χ2n) is 3.57. The summed E-state index contributed by atoms with van der Waals surface area (Å²) in [5, 5.41) is 5.17. The maximum atomic E-state index is 11.5. The van der Waals surface area contributed by atoms with E-state index >= 15 is 0 Å². The fourth-order valence-corrected chi connectivity index (χ4v) is 1.95. The van der Waals surface area contributed by atoms with Crippen molar-refractivity contribution in [2.45, 2.75) is 13.8 Å². The Morgan fingerprint density at radius 1 is 1.47 bits per heavy atom. The molecule has 0 saturated heterocycles. The van der Waals surface area contributed by atoms with Gasteiger partial charge in [0.25, 0.3) is 0 Å². The lowest BCUT2D eigenvalue weighted by atomic mass is 10.4. The molecule has 0 aliphatic heterocycles. The third kappa shape index (κ3) is 3.29. The molecule has 0 radical (unpaired) electrons. The number of carbonyl (C=O) groups is 1. The molecule has 1 amide bonds. The van der Waals surface area contributed by atoms with Crippen LogP contribution in [0.3, 0.4) is 0 Å². The Bertz CT molecular complexity index is 554. The number of anilines is 1. The van der Waals surface area contributed by atoms with Crippen LogP contribution >= 0.6 is 11.3 Å². The van der Waals surface area contributed by atoms with Crippen molar-refractivity contribution in [3.05, 3.63) is 40.8 Å². The molecule has 0 aliphatic carbocycles. The van der Waals surface area contributed by atoms with E-state index in [0.29, 0.717) is 10.9 Å². The van der Waals surface area contributed by atoms with Crippen molar-refractivity contribution in [3.8, 4) is 0 Å². The molecule has 88 valence electrons. The molecule has 5 heteroatoms. The van der Waals surface area contributed by atoms with Gasteiger partial charge in [0.05, 0.1) is 5.69 Å². The summed E-state index contributed by atoms with van der Waals surface area (Å²) >= 11 is 1.40. The third-order valence-corrected chi connectivity index (χ3v) is 2.88. The maximum Gasteiger partial charge on any atom is 0.250 e. The zero-order valence-corrected chi connectivity index (χ0v) is 10.4. The van der Waals surface area contributed by atoms with Crippen LogP contribution in [0.15, 0.2) is 28.0 Å². The van der Waals surface area contributed by atoms with Gasteiger partial charge in [-0.15, -0.1) is 11.3 Å². The molecule has 0 bridgehead atoms. The van der Waals surface area contributed by atoms with Crippen LogP contribution in [0, 0.1) is 13.8 Å². The molecular formula is C12H12N2O2S. The highest BCUT2D eigenvalue weighted by atomic mass is 32.1. The SMILES string of the molecule is Cc1csc(NC(=O)/C=C/c2ccc(C)o2)n1. The normalized spacial score (nSPS) is 10.9. The summed E-state index contributed by atoms with van der Waals surface area (Å²) < 4.78 is 5.31. The Morgan fingerprint density at radius 2 is 2.29 bits per heavy atom. The second-order valence-corrected chi connectivity index (χ2v) is 4.42. The molecule has 0 aliphatic rings. The zero-order chi connectivity index (χ0) is 12.3. The molecule has 0 unspecified atom stereocenters. The van der Waals surface area contributed by atoms with Gasteiger partial charge in [0.2, 0.25) is 5.91 Å². The van der Waals surface area contributed by atoms with E-state index in [1.807, 2.05) is 31.4 Å². The Kier molecular flexibility index (Phi) is 3.39. The second kappa shape index (κ2) is 4.97. The van der Waals surface area contributed by atoms with Crippen LogP contribution in [-0.2, 0) is 4.79 Å². The monoisotopic (exact) mass is 248 g/mol. The Balaban J connectivity index is 1.95. The largest absolute Gasteiger partial charge is 0.462 e. The van der Waals surface area contributed by atoms with E-state index in [1.165, 1.54) is 17.4 Å². The zero-order valence-electron chi connectivity index (χ0n) is 9.56. The number of aryl methyl sites for hydroxylation is 2. The molecule has 0 fully saturated rings. The van der Waals surface area contributed by atoms with E-state index in [0.717, 1.165) is 11.5 Å². The fourth-order valence-electron chi connectivity index (χ4n) is 1.26. The van der Waals surface area contributed by atoms with Crippen LogP contribution in [0.4, 0.5) is 5.13 Å². The van der Waals surface area contributed by atoms with E-state index in [2.05, 4.69) is 10.3 Å². The average Bonchev–Trinajstić information content (AvgIpc) is 2.85. The van der Waals surface area contributed by atoms with Gasteiger partial charge in [-0.05, 0) is 32.1 Å². The first-order valence-electron chi connectivity index (χ1n) is 5.11. The smallest absolute Gasteiger partial charge is 0.250 e. The standard InChI is InChI=1S/C12H12N2O2S/c1-8-7-17-12(13-8)14-11(15)6-5-10-4-3-9(2)16-10/h3-7H,1-2H3,(H,13,14,15)/b6-5+.